The van der Waals surface area contributed by atoms with Crippen molar-refractivity contribution in [2.75, 3.05) is 26.7 Å². The summed E-state index contributed by atoms with van der Waals surface area (Å²) in [7, 11) is 1.85. The van der Waals surface area contributed by atoms with Crippen molar-refractivity contribution in [2.45, 2.75) is 25.4 Å². The van der Waals surface area contributed by atoms with Crippen LogP contribution in [0.3, 0.4) is 0 Å². The predicted molar refractivity (Wildman–Crippen MR) is 112 cm³/mol. The average Bonchev–Trinajstić information content (AvgIpc) is 3.16. The van der Waals surface area contributed by atoms with Gasteiger partial charge in [-0.3, -0.25) is 4.99 Å². The van der Waals surface area contributed by atoms with E-state index in [9.17, 15) is 0 Å². The van der Waals surface area contributed by atoms with Crippen molar-refractivity contribution in [3.05, 3.63) is 66.6 Å². The number of piperidine rings is 1. The Labute approximate surface area is 165 Å². The molecule has 28 heavy (non-hydrogen) atoms. The number of guanidine groups is 1. The van der Waals surface area contributed by atoms with E-state index in [0.29, 0.717) is 0 Å². The summed E-state index contributed by atoms with van der Waals surface area (Å²) in [6.07, 6.45) is 7.26. The normalized spacial score (nSPS) is 15.8. The van der Waals surface area contributed by atoms with Crippen LogP contribution in [0.5, 0.6) is 5.75 Å². The molecule has 146 valence electrons. The van der Waals surface area contributed by atoms with E-state index < -0.39 is 0 Å². The monoisotopic (exact) mass is 377 g/mol. The molecule has 2 aromatic heterocycles. The van der Waals surface area contributed by atoms with Gasteiger partial charge in [0.05, 0.1) is 5.69 Å². The van der Waals surface area contributed by atoms with Crippen LogP contribution < -0.4 is 10.1 Å². The molecule has 0 spiro atoms. The molecular formula is C22H27N5O. The summed E-state index contributed by atoms with van der Waals surface area (Å²) in [5.41, 5.74) is 2.08. The molecule has 0 atom stereocenters. The molecular weight excluding hydrogens is 350 g/mol. The number of pyridine rings is 1. The third-order valence-corrected chi connectivity index (χ3v) is 5.08. The predicted octanol–water partition coefficient (Wildman–Crippen LogP) is 3.00. The number of nitrogens with one attached hydrogen (secondary N) is 1. The van der Waals surface area contributed by atoms with Gasteiger partial charge in [-0.15, -0.1) is 0 Å². The van der Waals surface area contributed by atoms with Gasteiger partial charge in [0, 0.05) is 58.3 Å². The lowest BCUT2D eigenvalue weighted by molar-refractivity contribution is 0.129. The molecule has 1 aliphatic rings. The molecule has 0 radical (unpaired) electrons. The van der Waals surface area contributed by atoms with E-state index in [2.05, 4.69) is 30.8 Å². The second-order valence-electron chi connectivity index (χ2n) is 7.04. The number of rotatable bonds is 5. The molecule has 1 fully saturated rings. The van der Waals surface area contributed by atoms with Crippen LogP contribution in [0.15, 0.2) is 65.9 Å². The van der Waals surface area contributed by atoms with Gasteiger partial charge in [0.1, 0.15) is 17.5 Å². The van der Waals surface area contributed by atoms with E-state index in [0.717, 1.165) is 61.9 Å². The molecule has 1 aromatic carbocycles. The van der Waals surface area contributed by atoms with Gasteiger partial charge >= 0.3 is 0 Å². The largest absolute Gasteiger partial charge is 0.490 e. The number of likely N-dealkylation sites (tertiary alicyclic amines) is 1. The molecule has 1 N–H and O–H groups in total. The van der Waals surface area contributed by atoms with Crippen LogP contribution in [-0.2, 0) is 6.42 Å². The van der Waals surface area contributed by atoms with E-state index in [4.69, 9.17) is 4.74 Å². The Morgan fingerprint density at radius 2 is 1.93 bits per heavy atom. The summed E-state index contributed by atoms with van der Waals surface area (Å²) in [6.45, 7) is 2.72. The Hall–Kier alpha value is -3.02. The number of para-hydroxylation sites is 1. The highest BCUT2D eigenvalue weighted by Crippen LogP contribution is 2.18. The van der Waals surface area contributed by atoms with Crippen LogP contribution in [0.25, 0.3) is 5.65 Å². The summed E-state index contributed by atoms with van der Waals surface area (Å²) >= 11 is 0. The van der Waals surface area contributed by atoms with Crippen LogP contribution in [0.1, 0.15) is 18.5 Å². The molecule has 0 unspecified atom stereocenters. The van der Waals surface area contributed by atoms with Gasteiger partial charge in [0.15, 0.2) is 5.96 Å². The number of nitrogens with zero attached hydrogens (tertiary/aromatic N) is 4. The van der Waals surface area contributed by atoms with Crippen molar-refractivity contribution >= 4 is 11.6 Å². The standard InChI is InChI=1S/C22H27N5O/c1-23-22(24-13-10-18-17-27-14-6-5-9-21(27)25-18)26-15-11-20(12-16-26)28-19-7-3-2-4-8-19/h2-9,14,17,20H,10-13,15-16H2,1H3,(H,23,24). The number of aliphatic imine (C=N–C) groups is 1. The fraction of sp³-hybridized carbons (Fsp3) is 0.364. The summed E-state index contributed by atoms with van der Waals surface area (Å²) in [6, 6.07) is 16.1. The van der Waals surface area contributed by atoms with Crippen molar-refractivity contribution in [1.82, 2.24) is 19.6 Å². The highest BCUT2D eigenvalue weighted by Gasteiger charge is 2.22. The van der Waals surface area contributed by atoms with Gasteiger partial charge < -0.3 is 19.4 Å². The molecule has 0 bridgehead atoms. The van der Waals surface area contributed by atoms with Crippen LogP contribution in [-0.4, -0.2) is 53.0 Å². The first-order chi connectivity index (χ1) is 13.8. The zero-order chi connectivity index (χ0) is 19.2. The van der Waals surface area contributed by atoms with Crippen molar-refractivity contribution < 1.29 is 4.74 Å². The molecule has 3 aromatic rings. The first-order valence-electron chi connectivity index (χ1n) is 9.92. The third-order valence-electron chi connectivity index (χ3n) is 5.08. The van der Waals surface area contributed by atoms with Crippen LogP contribution in [0.4, 0.5) is 0 Å². The quantitative estimate of drug-likeness (QED) is 0.549. The maximum atomic E-state index is 6.09. The van der Waals surface area contributed by atoms with E-state index >= 15 is 0 Å². The minimum absolute atomic E-state index is 0.273. The molecule has 4 rings (SSSR count). The Balaban J connectivity index is 1.24. The number of benzene rings is 1. The molecule has 1 aliphatic heterocycles. The van der Waals surface area contributed by atoms with Crippen LogP contribution in [0.2, 0.25) is 0 Å². The lowest BCUT2D eigenvalue weighted by Crippen LogP contribution is -2.47. The lowest BCUT2D eigenvalue weighted by atomic mass is 10.1. The molecule has 6 heteroatoms. The minimum Gasteiger partial charge on any atom is -0.490 e. The Bertz CT molecular complexity index is 880. The number of fused-ring (bicyclic) bond motifs is 1. The van der Waals surface area contributed by atoms with Gasteiger partial charge in [-0.2, -0.15) is 0 Å². The van der Waals surface area contributed by atoms with Gasteiger partial charge in [-0.1, -0.05) is 24.3 Å². The van der Waals surface area contributed by atoms with Gasteiger partial charge in [0.2, 0.25) is 0 Å². The Morgan fingerprint density at radius 3 is 2.68 bits per heavy atom. The molecule has 1 saturated heterocycles. The smallest absolute Gasteiger partial charge is 0.193 e. The number of aromatic nitrogens is 2. The lowest BCUT2D eigenvalue weighted by Gasteiger charge is -2.34. The van der Waals surface area contributed by atoms with Crippen molar-refractivity contribution in [3.8, 4) is 5.75 Å². The highest BCUT2D eigenvalue weighted by molar-refractivity contribution is 5.80. The summed E-state index contributed by atoms with van der Waals surface area (Å²) in [5.74, 6) is 1.91. The fourth-order valence-corrected chi connectivity index (χ4v) is 3.62. The second kappa shape index (κ2) is 8.78. The number of imidazole rings is 1. The van der Waals surface area contributed by atoms with E-state index in [1.165, 1.54) is 0 Å². The molecule has 6 nitrogen and oxygen atoms in total. The minimum atomic E-state index is 0.273. The molecule has 0 aliphatic carbocycles. The number of ether oxygens (including phenoxy) is 1. The van der Waals surface area contributed by atoms with E-state index in [-0.39, 0.29) is 6.10 Å². The number of hydrogen-bond acceptors (Lipinski definition) is 3. The third kappa shape index (κ3) is 4.44. The first-order valence-corrected chi connectivity index (χ1v) is 9.92. The van der Waals surface area contributed by atoms with Crippen LogP contribution in [0, 0.1) is 0 Å². The maximum absolute atomic E-state index is 6.09. The number of hydrogen-bond donors (Lipinski definition) is 1. The zero-order valence-corrected chi connectivity index (χ0v) is 16.3. The van der Waals surface area contributed by atoms with Crippen molar-refractivity contribution in [3.63, 3.8) is 0 Å². The second-order valence-corrected chi connectivity index (χ2v) is 7.04. The van der Waals surface area contributed by atoms with Crippen molar-refractivity contribution in [1.29, 1.82) is 0 Å². The summed E-state index contributed by atoms with van der Waals surface area (Å²) in [4.78, 5) is 11.4. The first kappa shape index (κ1) is 18.3. The summed E-state index contributed by atoms with van der Waals surface area (Å²) in [5, 5.41) is 3.48. The Morgan fingerprint density at radius 1 is 1.14 bits per heavy atom. The maximum Gasteiger partial charge on any atom is 0.193 e. The SMILES string of the molecule is CN=C(NCCc1cn2ccccc2n1)N1CCC(Oc2ccccc2)CC1. The molecule has 0 amide bonds. The van der Waals surface area contributed by atoms with Gasteiger partial charge in [-0.25, -0.2) is 4.98 Å². The highest BCUT2D eigenvalue weighted by atomic mass is 16.5. The Kier molecular flexibility index (Phi) is 5.75. The molecule has 0 saturated carbocycles. The van der Waals surface area contributed by atoms with Crippen LogP contribution >= 0.6 is 0 Å². The fourth-order valence-electron chi connectivity index (χ4n) is 3.62. The van der Waals surface area contributed by atoms with E-state index in [1.54, 1.807) is 0 Å². The van der Waals surface area contributed by atoms with Gasteiger partial charge in [0.25, 0.3) is 0 Å². The van der Waals surface area contributed by atoms with Gasteiger partial charge in [-0.05, 0) is 24.3 Å². The van der Waals surface area contributed by atoms with Crippen molar-refractivity contribution in [2.24, 2.45) is 4.99 Å². The average molecular weight is 377 g/mol. The molecule has 3 heterocycles. The summed E-state index contributed by atoms with van der Waals surface area (Å²) < 4.78 is 8.14. The van der Waals surface area contributed by atoms with E-state index in [1.807, 2.05) is 61.8 Å². The topological polar surface area (TPSA) is 54.2 Å². The zero-order valence-electron chi connectivity index (χ0n) is 16.3.